The van der Waals surface area contributed by atoms with Gasteiger partial charge in [-0.25, -0.2) is 4.79 Å². The van der Waals surface area contributed by atoms with Crippen molar-refractivity contribution in [2.75, 3.05) is 25.5 Å². The van der Waals surface area contributed by atoms with Crippen molar-refractivity contribution in [2.24, 2.45) is 0 Å². The molecule has 1 saturated heterocycles. The lowest BCUT2D eigenvalue weighted by molar-refractivity contribution is -0.678. The number of para-hydroxylation sites is 1. The Morgan fingerprint density at radius 1 is 1.43 bits per heavy atom. The zero-order valence-electron chi connectivity index (χ0n) is 11.7. The summed E-state index contributed by atoms with van der Waals surface area (Å²) >= 11 is 0. The minimum atomic E-state index is -0.520. The number of carbonyl (C=O) groups is 3. The van der Waals surface area contributed by atoms with Crippen molar-refractivity contribution >= 4 is 23.5 Å². The maximum atomic E-state index is 12.0. The Bertz CT molecular complexity index is 559. The monoisotopic (exact) mass is 292 g/mol. The maximum Gasteiger partial charge on any atom is 0.339 e. The van der Waals surface area contributed by atoms with Gasteiger partial charge in [0.1, 0.15) is 0 Å². The lowest BCUT2D eigenvalue weighted by Crippen LogP contribution is -2.96. The van der Waals surface area contributed by atoms with Gasteiger partial charge in [0, 0.05) is 0 Å². The van der Waals surface area contributed by atoms with Gasteiger partial charge in [-0.3, -0.25) is 9.59 Å². The third kappa shape index (κ3) is 3.79. The van der Waals surface area contributed by atoms with Crippen LogP contribution in [0.1, 0.15) is 16.8 Å². The number of rotatable bonds is 4. The molecule has 0 aromatic heterocycles. The highest BCUT2D eigenvalue weighted by Crippen LogP contribution is 2.16. The zero-order valence-corrected chi connectivity index (χ0v) is 11.7. The van der Waals surface area contributed by atoms with Crippen LogP contribution in [-0.4, -0.2) is 44.0 Å². The number of hydrogen-bond donors (Lipinski definition) is 3. The Morgan fingerprint density at radius 2 is 2.19 bits per heavy atom. The molecule has 1 aliphatic heterocycles. The summed E-state index contributed by atoms with van der Waals surface area (Å²) in [5.74, 6) is -0.977. The summed E-state index contributed by atoms with van der Waals surface area (Å²) in [4.78, 5) is 35.2. The number of quaternary nitrogens is 1. The largest absolute Gasteiger partial charge is 0.465 e. The summed E-state index contributed by atoms with van der Waals surface area (Å²) in [7, 11) is 1.28. The highest BCUT2D eigenvalue weighted by molar-refractivity contribution is 6.02. The smallest absolute Gasteiger partial charge is 0.339 e. The molecule has 7 heteroatoms. The van der Waals surface area contributed by atoms with Gasteiger partial charge in [-0.05, 0) is 12.1 Å². The van der Waals surface area contributed by atoms with E-state index in [0.29, 0.717) is 12.2 Å². The molecule has 112 valence electrons. The van der Waals surface area contributed by atoms with Crippen LogP contribution in [0.2, 0.25) is 0 Å². The van der Waals surface area contributed by atoms with E-state index in [1.807, 2.05) is 5.32 Å². The molecule has 1 fully saturated rings. The molecule has 1 aliphatic rings. The van der Waals surface area contributed by atoms with Crippen LogP contribution in [0, 0.1) is 0 Å². The van der Waals surface area contributed by atoms with Crippen molar-refractivity contribution in [3.05, 3.63) is 29.8 Å². The van der Waals surface area contributed by atoms with Crippen LogP contribution in [0.4, 0.5) is 5.69 Å². The molecule has 0 aliphatic carbocycles. The normalized spacial score (nSPS) is 17.8. The first-order valence-electron chi connectivity index (χ1n) is 6.70. The van der Waals surface area contributed by atoms with E-state index >= 15 is 0 Å². The maximum absolute atomic E-state index is 12.0. The van der Waals surface area contributed by atoms with Gasteiger partial charge in [0.25, 0.3) is 5.91 Å². The number of carbonyl (C=O) groups excluding carboxylic acids is 3. The van der Waals surface area contributed by atoms with Crippen LogP contribution in [0.25, 0.3) is 0 Å². The summed E-state index contributed by atoms with van der Waals surface area (Å²) in [6.07, 6.45) is 0.0569. The number of nitrogens with two attached hydrogens (primary N) is 1. The van der Waals surface area contributed by atoms with Crippen molar-refractivity contribution in [3.63, 3.8) is 0 Å². The molecule has 21 heavy (non-hydrogen) atoms. The van der Waals surface area contributed by atoms with Crippen molar-refractivity contribution in [1.29, 1.82) is 0 Å². The predicted octanol–water partition coefficient (Wildman–Crippen LogP) is -1.14. The lowest BCUT2D eigenvalue weighted by atomic mass is 10.1. The lowest BCUT2D eigenvalue weighted by Gasteiger charge is -2.20. The first-order valence-corrected chi connectivity index (χ1v) is 6.70. The van der Waals surface area contributed by atoms with Gasteiger partial charge in [0.15, 0.2) is 6.04 Å². The molecule has 2 rings (SSSR count). The molecule has 0 saturated carbocycles. The van der Waals surface area contributed by atoms with E-state index in [-0.39, 0.29) is 23.8 Å². The molecule has 7 nitrogen and oxygen atoms in total. The van der Waals surface area contributed by atoms with Crippen LogP contribution in [0.15, 0.2) is 24.3 Å². The first-order chi connectivity index (χ1) is 10.1. The zero-order chi connectivity index (χ0) is 15.2. The standard InChI is InChI=1S/C14H17N3O4/c1-21-14(20)9-4-2-3-5-10(9)17-12(18)8-11-13(19)16-7-6-15-11/h2-5,11,15H,6-8H2,1H3,(H,16,19)(H,17,18)/p+1/t11-/m1/s1. The number of ether oxygens (including phenoxy) is 1. The highest BCUT2D eigenvalue weighted by atomic mass is 16.5. The van der Waals surface area contributed by atoms with Gasteiger partial charge in [-0.2, -0.15) is 0 Å². The molecule has 0 unspecified atom stereocenters. The third-order valence-corrected chi connectivity index (χ3v) is 3.24. The second-order valence-corrected chi connectivity index (χ2v) is 4.71. The Kier molecular flexibility index (Phi) is 4.89. The topological polar surface area (TPSA) is 101 Å². The number of benzene rings is 1. The molecule has 1 aromatic carbocycles. The van der Waals surface area contributed by atoms with Crippen molar-refractivity contribution < 1.29 is 24.4 Å². The number of esters is 1. The molecule has 1 heterocycles. The van der Waals surface area contributed by atoms with Crippen LogP contribution >= 0.6 is 0 Å². The number of amides is 2. The number of methoxy groups -OCH3 is 1. The average Bonchev–Trinajstić information content (AvgIpc) is 2.49. The second kappa shape index (κ2) is 6.85. The summed E-state index contributed by atoms with van der Waals surface area (Å²) in [6.45, 7) is 1.37. The molecule has 0 bridgehead atoms. The van der Waals surface area contributed by atoms with Crippen LogP contribution in [-0.2, 0) is 14.3 Å². The molecular formula is C14H18N3O4+. The summed E-state index contributed by atoms with van der Waals surface area (Å²) < 4.78 is 4.66. The molecule has 2 amide bonds. The number of nitrogens with one attached hydrogen (secondary N) is 2. The van der Waals surface area contributed by atoms with Crippen LogP contribution < -0.4 is 16.0 Å². The average molecular weight is 292 g/mol. The van der Waals surface area contributed by atoms with Crippen LogP contribution in [0.3, 0.4) is 0 Å². The molecule has 0 radical (unpaired) electrons. The van der Waals surface area contributed by atoms with Gasteiger partial charge in [-0.15, -0.1) is 0 Å². The fourth-order valence-corrected chi connectivity index (χ4v) is 2.18. The van der Waals surface area contributed by atoms with E-state index in [1.165, 1.54) is 7.11 Å². The van der Waals surface area contributed by atoms with E-state index in [2.05, 4.69) is 15.4 Å². The van der Waals surface area contributed by atoms with Gasteiger partial charge in [0.05, 0.1) is 37.9 Å². The number of anilines is 1. The Hall–Kier alpha value is -2.41. The highest BCUT2D eigenvalue weighted by Gasteiger charge is 2.28. The van der Waals surface area contributed by atoms with Crippen molar-refractivity contribution in [1.82, 2.24) is 5.32 Å². The quantitative estimate of drug-likeness (QED) is 0.611. The third-order valence-electron chi connectivity index (χ3n) is 3.24. The summed E-state index contributed by atoms with van der Waals surface area (Å²) in [6, 6.07) is 6.16. The molecule has 1 aromatic rings. The van der Waals surface area contributed by atoms with Gasteiger partial charge in [0.2, 0.25) is 5.91 Å². The van der Waals surface area contributed by atoms with E-state index in [1.54, 1.807) is 24.3 Å². The van der Waals surface area contributed by atoms with Gasteiger partial charge >= 0.3 is 5.97 Å². The van der Waals surface area contributed by atoms with E-state index in [9.17, 15) is 14.4 Å². The first kappa shape index (κ1) is 15.0. The molecule has 1 atom stereocenters. The second-order valence-electron chi connectivity index (χ2n) is 4.71. The Morgan fingerprint density at radius 3 is 2.90 bits per heavy atom. The van der Waals surface area contributed by atoms with Crippen molar-refractivity contribution in [2.45, 2.75) is 12.5 Å². The minimum absolute atomic E-state index is 0.0569. The van der Waals surface area contributed by atoms with Crippen molar-refractivity contribution in [3.8, 4) is 0 Å². The Balaban J connectivity index is 2.02. The van der Waals surface area contributed by atoms with Crippen LogP contribution in [0.5, 0.6) is 0 Å². The van der Waals surface area contributed by atoms with E-state index < -0.39 is 12.0 Å². The minimum Gasteiger partial charge on any atom is -0.465 e. The predicted molar refractivity (Wildman–Crippen MR) is 74.6 cm³/mol. The number of hydrogen-bond acceptors (Lipinski definition) is 4. The fourth-order valence-electron chi connectivity index (χ4n) is 2.18. The molecular weight excluding hydrogens is 274 g/mol. The van der Waals surface area contributed by atoms with E-state index in [0.717, 1.165) is 6.54 Å². The summed E-state index contributed by atoms with van der Waals surface area (Å²) in [5, 5.41) is 7.21. The van der Waals surface area contributed by atoms with Gasteiger partial charge in [-0.1, -0.05) is 12.1 Å². The molecule has 0 spiro atoms. The van der Waals surface area contributed by atoms with E-state index in [4.69, 9.17) is 0 Å². The fraction of sp³-hybridized carbons (Fsp3) is 0.357. The summed E-state index contributed by atoms with van der Waals surface area (Å²) in [5.41, 5.74) is 0.663. The SMILES string of the molecule is COC(=O)c1ccccc1NC(=O)C[C@H]1[NH2+]CCNC1=O. The molecule has 4 N–H and O–H groups in total. The van der Waals surface area contributed by atoms with Gasteiger partial charge < -0.3 is 20.7 Å². The number of piperazine rings is 1. The Labute approximate surface area is 122 Å².